The highest BCUT2D eigenvalue weighted by molar-refractivity contribution is 7.98. The van der Waals surface area contributed by atoms with Gasteiger partial charge in [0.05, 0.1) is 65.6 Å². The number of hydrogen-bond acceptors (Lipinski definition) is 28. The molecular weight excluding hydrogens is 1700 g/mol. The number of phenols is 1. The number of nitrogens with one attached hydrogen (secondary N) is 23. The van der Waals surface area contributed by atoms with Crippen LogP contribution >= 0.6 is 11.8 Å². The number of phenolic OH excluding ortho intramolecular Hbond substituents is 1. The third-order valence-corrected chi connectivity index (χ3v) is 18.3. The van der Waals surface area contributed by atoms with Crippen molar-refractivity contribution >= 4 is 142 Å². The molecule has 0 fully saturated rings. The Morgan fingerprint density at radius 3 is 1.08 bits per heavy atom. The van der Waals surface area contributed by atoms with Gasteiger partial charge in [0.15, 0.2) is 11.9 Å². The largest absolute Gasteiger partial charge is 0.508 e. The van der Waals surface area contributed by atoms with E-state index in [9.17, 15) is 116 Å². The Balaban J connectivity index is 1.94. The van der Waals surface area contributed by atoms with E-state index in [-0.39, 0.29) is 87.8 Å². The summed E-state index contributed by atoms with van der Waals surface area (Å²) in [6.07, 6.45) is 1.37. The van der Waals surface area contributed by atoms with E-state index in [0.29, 0.717) is 11.1 Å². The first-order chi connectivity index (χ1) is 60.0. The molecule has 127 heavy (non-hydrogen) atoms. The molecule has 51 nitrogen and oxygen atoms in total. The summed E-state index contributed by atoms with van der Waals surface area (Å²) in [4.78, 5) is 261. The van der Waals surface area contributed by atoms with Gasteiger partial charge in [-0.2, -0.15) is 11.8 Å². The van der Waals surface area contributed by atoms with E-state index in [0.717, 1.165) is 6.92 Å². The topological polar surface area (TPSA) is 821 Å². The van der Waals surface area contributed by atoms with Crippen LogP contribution in [-0.2, 0) is 109 Å². The summed E-state index contributed by atoms with van der Waals surface area (Å²) < 4.78 is 0. The number of aliphatic hydroxyl groups excluding tert-OH is 3. The molecule has 12 atom stereocenters. The fourth-order valence-electron chi connectivity index (χ4n) is 10.9. The van der Waals surface area contributed by atoms with Crippen molar-refractivity contribution in [1.82, 2.24) is 112 Å². The Labute approximate surface area is 733 Å². The van der Waals surface area contributed by atoms with Crippen LogP contribution in [0, 0.1) is 16.7 Å². The lowest BCUT2D eigenvalue weighted by Crippen LogP contribution is -2.59. The zero-order chi connectivity index (χ0) is 95.4. The monoisotopic (exact) mass is 1810 g/mol. The Bertz CT molecular complexity index is 4120. The van der Waals surface area contributed by atoms with Crippen molar-refractivity contribution in [3.63, 3.8) is 0 Å². The third kappa shape index (κ3) is 46.1. The highest BCUT2D eigenvalue weighted by atomic mass is 32.2. The Hall–Kier alpha value is -13.6. The molecule has 0 radical (unpaired) electrons. The third-order valence-electron chi connectivity index (χ3n) is 17.7. The van der Waals surface area contributed by atoms with Crippen LogP contribution in [0.25, 0.3) is 0 Å². The van der Waals surface area contributed by atoms with E-state index >= 15 is 0 Å². The molecule has 704 valence electrons. The zero-order valence-corrected chi connectivity index (χ0v) is 71.6. The lowest BCUT2D eigenvalue weighted by atomic mass is 10.0. The van der Waals surface area contributed by atoms with Gasteiger partial charge in [-0.1, -0.05) is 56.3 Å². The van der Waals surface area contributed by atoms with E-state index in [1.165, 1.54) is 49.9 Å². The molecule has 0 aliphatic heterocycles. The molecule has 0 bridgehead atoms. The summed E-state index contributed by atoms with van der Waals surface area (Å²) in [5.74, 6) is -20.2. The SMILES string of the molecule is CSCC[C@H](NC(=O)[C@H](CO)NC(=O)CNC(=O)[C@H](CCCNC(=N)N)NC(=O)[C@H](CCCNC(=N)N)NC(=O)[C@H](CC(C)C)NC(=O)[C@@H](N)CO)C(=O)NCC(=O)N[C@@H](C)C(=O)NCC(=O)N[C@@H](C)C(=O)N[C@@H](CO)C(=O)NCC(=O)NCC(=O)N[C@@H](Cc1ccc(O)cc1)C(=O)NCC(=O)N[C@@H](C)C(=O)NCC(=O)N[C@@H](Cc1ccccc1)C(=O)NCC(=O)O. The zero-order valence-electron chi connectivity index (χ0n) is 70.8. The molecule has 2 aromatic rings. The first-order valence-electron chi connectivity index (χ1n) is 39.7. The number of benzene rings is 2. The number of carboxylic acids is 1. The number of aliphatic carboxylic acids is 1. The summed E-state index contributed by atoms with van der Waals surface area (Å²) in [6.45, 7) is -1.82. The number of aromatic hydroxyl groups is 1. The Kier molecular flexibility index (Phi) is 51.1. The lowest BCUT2D eigenvalue weighted by molar-refractivity contribution is -0.138. The number of nitrogens with two attached hydrogens (primary N) is 3. The Morgan fingerprint density at radius 2 is 0.669 bits per heavy atom. The quantitative estimate of drug-likeness (QED) is 0.0166. The summed E-state index contributed by atoms with van der Waals surface area (Å²) in [7, 11) is 0. The van der Waals surface area contributed by atoms with E-state index < -0.39 is 269 Å². The fourth-order valence-corrected chi connectivity index (χ4v) is 11.4. The molecule has 0 spiro atoms. The van der Waals surface area contributed by atoms with Crippen molar-refractivity contribution in [2.75, 3.05) is 97.3 Å². The van der Waals surface area contributed by atoms with Gasteiger partial charge in [-0.15, -0.1) is 0 Å². The average Bonchev–Trinajstić information content (AvgIpc) is 0.833. The van der Waals surface area contributed by atoms with Crippen molar-refractivity contribution in [3.8, 4) is 5.75 Å². The van der Waals surface area contributed by atoms with Crippen molar-refractivity contribution in [2.24, 2.45) is 23.1 Å². The predicted octanol–water partition coefficient (Wildman–Crippen LogP) is -13.8. The molecule has 2 aromatic carbocycles. The van der Waals surface area contributed by atoms with Crippen LogP contribution in [0.15, 0.2) is 54.6 Å². The van der Waals surface area contributed by atoms with Gasteiger partial charge < -0.3 is 154 Å². The maximum Gasteiger partial charge on any atom is 0.322 e. The van der Waals surface area contributed by atoms with E-state index in [2.05, 4.69) is 112 Å². The van der Waals surface area contributed by atoms with Crippen LogP contribution in [-0.4, -0.2) is 325 Å². The van der Waals surface area contributed by atoms with Gasteiger partial charge >= 0.3 is 5.97 Å². The van der Waals surface area contributed by atoms with Gasteiger partial charge in [0, 0.05) is 25.9 Å². The van der Waals surface area contributed by atoms with E-state index in [4.69, 9.17) is 33.1 Å². The number of carbonyl (C=O) groups is 20. The van der Waals surface area contributed by atoms with Gasteiger partial charge in [-0.05, 0) is 100 Å². The number of carboxylic acid groups (broad SMARTS) is 1. The smallest absolute Gasteiger partial charge is 0.322 e. The summed E-state index contributed by atoms with van der Waals surface area (Å²) >= 11 is 1.26. The van der Waals surface area contributed by atoms with Gasteiger partial charge in [0.1, 0.15) is 84.8 Å². The number of carbonyl (C=O) groups excluding carboxylic acids is 19. The molecule has 0 saturated carbocycles. The molecule has 0 unspecified atom stereocenters. The molecule has 0 heterocycles. The predicted molar refractivity (Wildman–Crippen MR) is 452 cm³/mol. The first kappa shape index (κ1) is 109. The first-order valence-corrected chi connectivity index (χ1v) is 41.1. The van der Waals surface area contributed by atoms with Crippen LogP contribution in [0.3, 0.4) is 0 Å². The number of thioether (sulfide) groups is 1. The van der Waals surface area contributed by atoms with Gasteiger partial charge in [0.2, 0.25) is 112 Å². The molecule has 2 rings (SSSR count). The molecule has 0 aromatic heterocycles. The van der Waals surface area contributed by atoms with E-state index in [1.54, 1.807) is 50.4 Å². The summed E-state index contributed by atoms with van der Waals surface area (Å²) in [5, 5.41) is 112. The minimum Gasteiger partial charge on any atom is -0.508 e. The minimum atomic E-state index is -1.75. The average molecular weight is 1820 g/mol. The molecule has 0 aliphatic rings. The molecule has 19 amide bonds. The van der Waals surface area contributed by atoms with Crippen LogP contribution in [0.2, 0.25) is 0 Å². The van der Waals surface area contributed by atoms with Gasteiger partial charge in [0.25, 0.3) is 0 Å². The van der Waals surface area contributed by atoms with Crippen molar-refractivity contribution in [3.05, 3.63) is 65.7 Å². The summed E-state index contributed by atoms with van der Waals surface area (Å²) in [5.41, 5.74) is 17.5. The maximum atomic E-state index is 14.0. The second-order valence-corrected chi connectivity index (χ2v) is 29.8. The number of aliphatic hydroxyl groups is 3. The number of hydrogen-bond donors (Lipinski definition) is 31. The Morgan fingerprint density at radius 1 is 0.346 bits per heavy atom. The molecule has 0 saturated heterocycles. The fraction of sp³-hybridized carbons (Fsp3) is 0.547. The van der Waals surface area contributed by atoms with Crippen molar-refractivity contribution < 1.29 is 121 Å². The highest BCUT2D eigenvalue weighted by Crippen LogP contribution is 2.13. The normalized spacial score (nSPS) is 13.6. The minimum absolute atomic E-state index is 0.0276. The highest BCUT2D eigenvalue weighted by Gasteiger charge is 2.34. The molecule has 52 heteroatoms. The molecule has 0 aliphatic carbocycles. The lowest BCUT2D eigenvalue weighted by Gasteiger charge is -2.26. The van der Waals surface area contributed by atoms with Gasteiger partial charge in [-0.3, -0.25) is 107 Å². The van der Waals surface area contributed by atoms with Crippen LogP contribution in [0.4, 0.5) is 0 Å². The van der Waals surface area contributed by atoms with Crippen LogP contribution in [0.1, 0.15) is 84.3 Å². The van der Waals surface area contributed by atoms with Gasteiger partial charge in [-0.25, -0.2) is 0 Å². The van der Waals surface area contributed by atoms with Crippen LogP contribution in [0.5, 0.6) is 5.75 Å². The number of amides is 19. The second kappa shape index (κ2) is 59.3. The summed E-state index contributed by atoms with van der Waals surface area (Å²) in [6, 6.07) is -3.25. The van der Waals surface area contributed by atoms with Crippen molar-refractivity contribution in [2.45, 2.75) is 158 Å². The second-order valence-electron chi connectivity index (χ2n) is 28.8. The van der Waals surface area contributed by atoms with Crippen LogP contribution < -0.4 is 129 Å². The van der Waals surface area contributed by atoms with Crippen molar-refractivity contribution in [1.29, 1.82) is 10.8 Å². The number of guanidine groups is 2. The number of rotatable bonds is 59. The van der Waals surface area contributed by atoms with E-state index in [1.807, 2.05) is 0 Å². The molecule has 34 N–H and O–H groups in total. The standard InChI is InChI=1S/C75H118N26O25S/c1-38(2)24-49(100-65(118)45(76)35-102)72(125)98-47(15-11-22-82-75(79)80)71(124)97-46(14-10-21-81-74(77)78)66(119)88-33-60(112)96-53(37-104)73(126)99-48(20-23-127-6)67(120)87-30-56(108)91-39(3)62(115)84-29-55(107)93-41(5)64(117)101-52(36-103)70(123)86-27-54(106)83-28-58(110)94-51(26-43-16-18-44(105)19-17-43)68(121)89-31-57(109)92-40(4)63(116)85-32-59(111)95-50(69(122)90-34-61(113)114)25-42-12-8-7-9-13-42/h7-9,12-13,16-19,38-41,45-53,102-105H,10-11,14-15,20-37,76H2,1-6H3,(H,83,106)(H,84,115)(H,85,116)(H,86,123)(H,87,120)(H,88,119)(H,89,121)(H,90,122)(H,91,108)(H,92,109)(H,93,107)(H,94,110)(H,95,111)(H,96,112)(H,97,124)(H,98,125)(H,99,126)(H,100,118)(H,101,117)(H,113,114)(H4,77,78,81)(H4,79,80,82)/t39-,40-,41-,45-,46-,47-,48-,49-,50-,51-,52-,53-/m0/s1. The maximum absolute atomic E-state index is 14.0. The molecular formula is C75H118N26O25S.